The molecule has 1 aliphatic heterocycles. The maximum absolute atomic E-state index is 5.57. The first-order valence-corrected chi connectivity index (χ1v) is 5.54. The van der Waals surface area contributed by atoms with E-state index < -0.39 is 0 Å². The van der Waals surface area contributed by atoms with E-state index in [0.29, 0.717) is 6.10 Å². The Morgan fingerprint density at radius 1 is 1.33 bits per heavy atom. The van der Waals surface area contributed by atoms with Gasteiger partial charge in [0.25, 0.3) is 0 Å². The van der Waals surface area contributed by atoms with Crippen molar-refractivity contribution < 1.29 is 9.47 Å². The van der Waals surface area contributed by atoms with Gasteiger partial charge in [0.15, 0.2) is 0 Å². The van der Waals surface area contributed by atoms with Crippen LogP contribution in [0.25, 0.3) is 0 Å². The highest BCUT2D eigenvalue weighted by Crippen LogP contribution is 2.10. The Hall–Kier alpha value is -0.930. The van der Waals surface area contributed by atoms with Crippen LogP contribution < -0.4 is 0 Å². The van der Waals surface area contributed by atoms with Crippen LogP contribution in [0.1, 0.15) is 18.5 Å². The van der Waals surface area contributed by atoms with E-state index >= 15 is 0 Å². The minimum absolute atomic E-state index is 0.294. The van der Waals surface area contributed by atoms with Crippen LogP contribution >= 0.6 is 0 Å². The molecule has 0 spiro atoms. The second kappa shape index (κ2) is 5.83. The van der Waals surface area contributed by atoms with Crippen molar-refractivity contribution in [1.82, 2.24) is 4.98 Å². The van der Waals surface area contributed by atoms with Crippen LogP contribution in [0.15, 0.2) is 24.4 Å². The first-order chi connectivity index (χ1) is 7.45. The minimum atomic E-state index is 0.294. The number of nitrogens with zero attached hydrogens (tertiary/aromatic N) is 1. The Bertz CT molecular complexity index is 270. The van der Waals surface area contributed by atoms with Gasteiger partial charge >= 0.3 is 0 Å². The lowest BCUT2D eigenvalue weighted by Gasteiger charge is -2.22. The first-order valence-electron chi connectivity index (χ1n) is 5.54. The highest BCUT2D eigenvalue weighted by molar-refractivity contribution is 5.03. The van der Waals surface area contributed by atoms with E-state index in [9.17, 15) is 0 Å². The van der Waals surface area contributed by atoms with E-state index in [4.69, 9.17) is 9.47 Å². The first kappa shape index (κ1) is 10.6. The molecule has 1 unspecified atom stereocenters. The molecule has 15 heavy (non-hydrogen) atoms. The van der Waals surface area contributed by atoms with Crippen molar-refractivity contribution >= 4 is 0 Å². The number of aromatic nitrogens is 1. The summed E-state index contributed by atoms with van der Waals surface area (Å²) in [5, 5.41) is 0. The molecule has 1 aromatic rings. The summed E-state index contributed by atoms with van der Waals surface area (Å²) < 4.78 is 10.9. The van der Waals surface area contributed by atoms with E-state index in [1.165, 1.54) is 0 Å². The van der Waals surface area contributed by atoms with Crippen LogP contribution in [0.5, 0.6) is 0 Å². The molecule has 0 radical (unpaired) electrons. The molecule has 0 N–H and O–H groups in total. The summed E-state index contributed by atoms with van der Waals surface area (Å²) >= 11 is 0. The largest absolute Gasteiger partial charge is 0.376 e. The predicted octanol–water partition coefficient (Wildman–Crippen LogP) is 1.82. The highest BCUT2D eigenvalue weighted by atomic mass is 16.6. The molecule has 0 aliphatic carbocycles. The van der Waals surface area contributed by atoms with Gasteiger partial charge in [0, 0.05) is 11.9 Å². The standard InChI is InChI=1S/C12H17NO2/c1-2-7-13-11(4-1)5-3-6-12-10-14-8-9-15-12/h1-2,4,7,12H,3,5-6,8-10H2. The molecule has 1 saturated heterocycles. The molecule has 1 fully saturated rings. The molecule has 0 bridgehead atoms. The van der Waals surface area contributed by atoms with Gasteiger partial charge in [-0.3, -0.25) is 4.98 Å². The quantitative estimate of drug-likeness (QED) is 0.754. The van der Waals surface area contributed by atoms with Gasteiger partial charge < -0.3 is 9.47 Å². The zero-order valence-electron chi connectivity index (χ0n) is 8.89. The summed E-state index contributed by atoms with van der Waals surface area (Å²) in [4.78, 5) is 4.29. The maximum Gasteiger partial charge on any atom is 0.0809 e. The molecule has 2 heterocycles. The molecule has 3 heteroatoms. The fourth-order valence-electron chi connectivity index (χ4n) is 1.76. The molecular formula is C12H17NO2. The fraction of sp³-hybridized carbons (Fsp3) is 0.583. The average molecular weight is 207 g/mol. The number of rotatable bonds is 4. The number of hydrogen-bond donors (Lipinski definition) is 0. The van der Waals surface area contributed by atoms with Crippen molar-refractivity contribution in [2.24, 2.45) is 0 Å². The number of hydrogen-bond acceptors (Lipinski definition) is 3. The van der Waals surface area contributed by atoms with E-state index in [1.807, 2.05) is 18.3 Å². The normalized spacial score (nSPS) is 21.5. The second-order valence-electron chi connectivity index (χ2n) is 3.78. The molecule has 3 nitrogen and oxygen atoms in total. The van der Waals surface area contributed by atoms with Crippen molar-refractivity contribution in [2.75, 3.05) is 19.8 Å². The fourth-order valence-corrected chi connectivity index (χ4v) is 1.76. The van der Waals surface area contributed by atoms with Gasteiger partial charge in [0.05, 0.1) is 25.9 Å². The number of pyridine rings is 1. The summed E-state index contributed by atoms with van der Waals surface area (Å²) in [7, 11) is 0. The van der Waals surface area contributed by atoms with Gasteiger partial charge in [0.1, 0.15) is 0 Å². The van der Waals surface area contributed by atoms with E-state index in [1.54, 1.807) is 0 Å². The van der Waals surface area contributed by atoms with Crippen molar-refractivity contribution in [3.8, 4) is 0 Å². The minimum Gasteiger partial charge on any atom is -0.376 e. The number of ether oxygens (including phenoxy) is 2. The van der Waals surface area contributed by atoms with Gasteiger partial charge in [-0.1, -0.05) is 6.07 Å². The van der Waals surface area contributed by atoms with Gasteiger partial charge in [-0.25, -0.2) is 0 Å². The van der Waals surface area contributed by atoms with Crippen LogP contribution in [0.2, 0.25) is 0 Å². The average Bonchev–Trinajstić information content (AvgIpc) is 2.32. The topological polar surface area (TPSA) is 31.4 Å². The highest BCUT2D eigenvalue weighted by Gasteiger charge is 2.13. The van der Waals surface area contributed by atoms with Crippen LogP contribution in [-0.4, -0.2) is 30.9 Å². The van der Waals surface area contributed by atoms with Crippen molar-refractivity contribution in [1.29, 1.82) is 0 Å². The molecule has 0 aromatic carbocycles. The molecule has 0 amide bonds. The molecule has 0 saturated carbocycles. The summed E-state index contributed by atoms with van der Waals surface area (Å²) in [6.07, 6.45) is 5.35. The van der Waals surface area contributed by atoms with Crippen molar-refractivity contribution in [3.05, 3.63) is 30.1 Å². The zero-order chi connectivity index (χ0) is 10.3. The van der Waals surface area contributed by atoms with Crippen LogP contribution in [0.3, 0.4) is 0 Å². The van der Waals surface area contributed by atoms with E-state index in [0.717, 1.165) is 44.8 Å². The molecular weight excluding hydrogens is 190 g/mol. The molecule has 1 aromatic heterocycles. The Morgan fingerprint density at radius 2 is 2.33 bits per heavy atom. The third-order valence-corrected chi connectivity index (χ3v) is 2.57. The SMILES string of the molecule is c1ccc(CCCC2COCCO2)nc1. The maximum atomic E-state index is 5.57. The van der Waals surface area contributed by atoms with Gasteiger partial charge in [-0.05, 0) is 31.4 Å². The lowest BCUT2D eigenvalue weighted by Crippen LogP contribution is -2.28. The molecule has 1 aliphatic rings. The number of aryl methyl sites for hydroxylation is 1. The summed E-state index contributed by atoms with van der Waals surface area (Å²) in [5.41, 5.74) is 1.16. The summed E-state index contributed by atoms with van der Waals surface area (Å²) in [6.45, 7) is 2.24. The Balaban J connectivity index is 1.66. The second-order valence-corrected chi connectivity index (χ2v) is 3.78. The van der Waals surface area contributed by atoms with Crippen molar-refractivity contribution in [2.45, 2.75) is 25.4 Å². The Labute approximate surface area is 90.4 Å². The predicted molar refractivity (Wildman–Crippen MR) is 57.7 cm³/mol. The Morgan fingerprint density at radius 3 is 3.07 bits per heavy atom. The summed E-state index contributed by atoms with van der Waals surface area (Å²) in [5.74, 6) is 0. The van der Waals surface area contributed by atoms with Gasteiger partial charge in [-0.15, -0.1) is 0 Å². The Kier molecular flexibility index (Phi) is 4.11. The van der Waals surface area contributed by atoms with Crippen LogP contribution in [-0.2, 0) is 15.9 Å². The zero-order valence-corrected chi connectivity index (χ0v) is 8.89. The van der Waals surface area contributed by atoms with Gasteiger partial charge in [-0.2, -0.15) is 0 Å². The van der Waals surface area contributed by atoms with Crippen LogP contribution in [0.4, 0.5) is 0 Å². The van der Waals surface area contributed by atoms with Crippen LogP contribution in [0, 0.1) is 0 Å². The summed E-state index contributed by atoms with van der Waals surface area (Å²) in [6, 6.07) is 6.04. The molecule has 2 rings (SSSR count). The van der Waals surface area contributed by atoms with Crippen molar-refractivity contribution in [3.63, 3.8) is 0 Å². The lowest BCUT2D eigenvalue weighted by molar-refractivity contribution is -0.0910. The lowest BCUT2D eigenvalue weighted by atomic mass is 10.1. The smallest absolute Gasteiger partial charge is 0.0809 e. The molecule has 82 valence electrons. The van der Waals surface area contributed by atoms with Gasteiger partial charge in [0.2, 0.25) is 0 Å². The molecule has 1 atom stereocenters. The third-order valence-electron chi connectivity index (χ3n) is 2.57. The van der Waals surface area contributed by atoms with E-state index in [-0.39, 0.29) is 0 Å². The monoisotopic (exact) mass is 207 g/mol. The third kappa shape index (κ3) is 3.61. The van der Waals surface area contributed by atoms with E-state index in [2.05, 4.69) is 11.1 Å².